The van der Waals surface area contributed by atoms with Crippen LogP contribution in [0, 0.1) is 17.3 Å². The Morgan fingerprint density at radius 1 is 1.11 bits per heavy atom. The van der Waals surface area contributed by atoms with Gasteiger partial charge >= 0.3 is 0 Å². The SMILES string of the molecule is CC(C)(C)C1CCCN(CCC(N)C2CC2)CC1. The van der Waals surface area contributed by atoms with E-state index in [0.29, 0.717) is 11.5 Å². The molecule has 106 valence electrons. The maximum Gasteiger partial charge on any atom is 0.00793 e. The van der Waals surface area contributed by atoms with Crippen LogP contribution in [0.2, 0.25) is 0 Å². The van der Waals surface area contributed by atoms with Crippen molar-refractivity contribution in [3.8, 4) is 0 Å². The molecule has 1 aliphatic carbocycles. The lowest BCUT2D eigenvalue weighted by Gasteiger charge is -2.30. The molecule has 2 N–H and O–H groups in total. The van der Waals surface area contributed by atoms with Crippen LogP contribution in [0.15, 0.2) is 0 Å². The summed E-state index contributed by atoms with van der Waals surface area (Å²) in [4.78, 5) is 2.66. The van der Waals surface area contributed by atoms with E-state index < -0.39 is 0 Å². The Morgan fingerprint density at radius 2 is 1.83 bits per heavy atom. The summed E-state index contributed by atoms with van der Waals surface area (Å²) in [6.45, 7) is 11.0. The van der Waals surface area contributed by atoms with Crippen molar-refractivity contribution in [2.45, 2.75) is 65.3 Å². The number of nitrogens with two attached hydrogens (primary N) is 1. The molecule has 2 fully saturated rings. The van der Waals surface area contributed by atoms with Crippen LogP contribution in [0.3, 0.4) is 0 Å². The topological polar surface area (TPSA) is 29.3 Å². The standard InChI is InChI=1S/C16H32N2/c1-16(2,3)14-5-4-10-18(11-8-14)12-9-15(17)13-6-7-13/h13-15H,4-12,17H2,1-3H3. The van der Waals surface area contributed by atoms with Crippen molar-refractivity contribution in [3.05, 3.63) is 0 Å². The molecule has 2 rings (SSSR count). The summed E-state index contributed by atoms with van der Waals surface area (Å²) in [5, 5.41) is 0. The van der Waals surface area contributed by atoms with E-state index in [-0.39, 0.29) is 0 Å². The quantitative estimate of drug-likeness (QED) is 0.832. The highest BCUT2D eigenvalue weighted by Gasteiger charge is 2.30. The minimum absolute atomic E-state index is 0.478. The van der Waals surface area contributed by atoms with Gasteiger partial charge in [-0.2, -0.15) is 0 Å². The van der Waals surface area contributed by atoms with Crippen molar-refractivity contribution >= 4 is 0 Å². The Hall–Kier alpha value is -0.0800. The largest absolute Gasteiger partial charge is 0.327 e. The third-order valence-electron chi connectivity index (χ3n) is 5.05. The van der Waals surface area contributed by atoms with Crippen molar-refractivity contribution in [2.24, 2.45) is 23.0 Å². The molecule has 0 aromatic rings. The van der Waals surface area contributed by atoms with Crippen LogP contribution >= 0.6 is 0 Å². The smallest absolute Gasteiger partial charge is 0.00793 e. The van der Waals surface area contributed by atoms with Gasteiger partial charge in [0.15, 0.2) is 0 Å². The molecule has 2 heteroatoms. The van der Waals surface area contributed by atoms with Crippen LogP contribution in [-0.2, 0) is 0 Å². The van der Waals surface area contributed by atoms with Gasteiger partial charge in [-0.25, -0.2) is 0 Å². The van der Waals surface area contributed by atoms with Gasteiger partial charge in [-0.05, 0) is 75.4 Å². The Balaban J connectivity index is 1.71. The molecule has 2 nitrogen and oxygen atoms in total. The Bertz CT molecular complexity index is 252. The van der Waals surface area contributed by atoms with E-state index in [1.54, 1.807) is 0 Å². The Morgan fingerprint density at radius 3 is 2.44 bits per heavy atom. The minimum atomic E-state index is 0.478. The first-order valence-electron chi connectivity index (χ1n) is 7.95. The fourth-order valence-corrected chi connectivity index (χ4v) is 3.34. The molecule has 1 saturated carbocycles. The summed E-state index contributed by atoms with van der Waals surface area (Å²) in [6.07, 6.45) is 8.14. The van der Waals surface area contributed by atoms with Crippen molar-refractivity contribution in [1.82, 2.24) is 4.90 Å². The van der Waals surface area contributed by atoms with Crippen LogP contribution in [0.4, 0.5) is 0 Å². The molecule has 2 aliphatic rings. The molecule has 18 heavy (non-hydrogen) atoms. The van der Waals surface area contributed by atoms with E-state index in [1.165, 1.54) is 58.2 Å². The average molecular weight is 252 g/mol. The second-order valence-corrected chi connectivity index (χ2v) is 7.63. The predicted molar refractivity (Wildman–Crippen MR) is 78.6 cm³/mol. The lowest BCUT2D eigenvalue weighted by Crippen LogP contribution is -2.32. The van der Waals surface area contributed by atoms with Gasteiger partial charge in [0, 0.05) is 6.04 Å². The van der Waals surface area contributed by atoms with Crippen molar-refractivity contribution in [2.75, 3.05) is 19.6 Å². The first kappa shape index (κ1) is 14.3. The highest BCUT2D eigenvalue weighted by Crippen LogP contribution is 2.35. The third-order valence-corrected chi connectivity index (χ3v) is 5.05. The summed E-state index contributed by atoms with van der Waals surface area (Å²) >= 11 is 0. The van der Waals surface area contributed by atoms with Crippen LogP contribution in [0.1, 0.15) is 59.3 Å². The first-order valence-corrected chi connectivity index (χ1v) is 7.95. The van der Waals surface area contributed by atoms with E-state index in [2.05, 4.69) is 25.7 Å². The van der Waals surface area contributed by atoms with E-state index >= 15 is 0 Å². The monoisotopic (exact) mass is 252 g/mol. The molecule has 1 saturated heterocycles. The molecular formula is C16H32N2. The zero-order chi connectivity index (χ0) is 13.2. The number of hydrogen-bond acceptors (Lipinski definition) is 2. The second-order valence-electron chi connectivity index (χ2n) is 7.63. The van der Waals surface area contributed by atoms with Crippen LogP contribution in [-0.4, -0.2) is 30.6 Å². The minimum Gasteiger partial charge on any atom is -0.327 e. The Kier molecular flexibility index (Phi) is 4.71. The summed E-state index contributed by atoms with van der Waals surface area (Å²) in [6, 6.07) is 0.478. The molecule has 1 heterocycles. The normalized spacial score (nSPS) is 29.0. The molecule has 1 aliphatic heterocycles. The van der Waals surface area contributed by atoms with E-state index in [0.717, 1.165) is 11.8 Å². The highest BCUT2D eigenvalue weighted by molar-refractivity contribution is 4.85. The van der Waals surface area contributed by atoms with Crippen molar-refractivity contribution in [1.29, 1.82) is 0 Å². The molecular weight excluding hydrogens is 220 g/mol. The lowest BCUT2D eigenvalue weighted by atomic mass is 9.77. The van der Waals surface area contributed by atoms with Crippen LogP contribution < -0.4 is 5.73 Å². The fraction of sp³-hybridized carbons (Fsp3) is 1.00. The number of likely N-dealkylation sites (tertiary alicyclic amines) is 1. The summed E-state index contributed by atoms with van der Waals surface area (Å²) in [5.41, 5.74) is 6.69. The molecule has 0 aromatic carbocycles. The van der Waals surface area contributed by atoms with Crippen molar-refractivity contribution in [3.63, 3.8) is 0 Å². The lowest BCUT2D eigenvalue weighted by molar-refractivity contribution is 0.206. The van der Waals surface area contributed by atoms with E-state index in [9.17, 15) is 0 Å². The zero-order valence-electron chi connectivity index (χ0n) is 12.6. The second kappa shape index (κ2) is 5.92. The van der Waals surface area contributed by atoms with Gasteiger partial charge < -0.3 is 10.6 Å². The number of nitrogens with zero attached hydrogens (tertiary/aromatic N) is 1. The van der Waals surface area contributed by atoms with Gasteiger partial charge in [0.05, 0.1) is 0 Å². The van der Waals surface area contributed by atoms with Crippen LogP contribution in [0.25, 0.3) is 0 Å². The maximum atomic E-state index is 6.21. The molecule has 0 aromatic heterocycles. The number of hydrogen-bond donors (Lipinski definition) is 1. The summed E-state index contributed by atoms with van der Waals surface area (Å²) in [7, 11) is 0. The van der Waals surface area contributed by atoms with E-state index in [1.807, 2.05) is 0 Å². The molecule has 2 atom stereocenters. The van der Waals surface area contributed by atoms with E-state index in [4.69, 9.17) is 5.73 Å². The summed E-state index contributed by atoms with van der Waals surface area (Å²) < 4.78 is 0. The Labute approximate surface area is 113 Å². The fourth-order valence-electron chi connectivity index (χ4n) is 3.34. The molecule has 0 amide bonds. The molecule has 0 bridgehead atoms. The van der Waals surface area contributed by atoms with Gasteiger partial charge in [0.2, 0.25) is 0 Å². The van der Waals surface area contributed by atoms with Gasteiger partial charge in [-0.15, -0.1) is 0 Å². The van der Waals surface area contributed by atoms with Gasteiger partial charge in [0.1, 0.15) is 0 Å². The van der Waals surface area contributed by atoms with Gasteiger partial charge in [-0.3, -0.25) is 0 Å². The van der Waals surface area contributed by atoms with Crippen LogP contribution in [0.5, 0.6) is 0 Å². The molecule has 0 radical (unpaired) electrons. The third kappa shape index (κ3) is 4.24. The van der Waals surface area contributed by atoms with Crippen molar-refractivity contribution < 1.29 is 0 Å². The van der Waals surface area contributed by atoms with Gasteiger partial charge in [-0.1, -0.05) is 20.8 Å². The predicted octanol–water partition coefficient (Wildman–Crippen LogP) is 3.26. The molecule has 2 unspecified atom stereocenters. The number of rotatable bonds is 4. The highest BCUT2D eigenvalue weighted by atomic mass is 15.1. The first-order chi connectivity index (χ1) is 8.47. The molecule has 0 spiro atoms. The maximum absolute atomic E-state index is 6.21. The summed E-state index contributed by atoms with van der Waals surface area (Å²) in [5.74, 6) is 1.76. The van der Waals surface area contributed by atoms with Gasteiger partial charge in [0.25, 0.3) is 0 Å². The average Bonchev–Trinajstić information content (AvgIpc) is 3.11. The zero-order valence-corrected chi connectivity index (χ0v) is 12.6.